The van der Waals surface area contributed by atoms with Gasteiger partial charge >= 0.3 is 5.69 Å². The summed E-state index contributed by atoms with van der Waals surface area (Å²) in [6, 6.07) is 11.3. The number of hydrogen-bond donors (Lipinski definition) is 0. The predicted octanol–water partition coefficient (Wildman–Crippen LogP) is 3.16. The second-order valence-electron chi connectivity index (χ2n) is 4.41. The van der Waals surface area contributed by atoms with Gasteiger partial charge in [-0.05, 0) is 30.3 Å². The number of para-hydroxylation sites is 1. The summed E-state index contributed by atoms with van der Waals surface area (Å²) < 4.78 is 28.6. The maximum Gasteiger partial charge on any atom is 0.301 e. The van der Waals surface area contributed by atoms with Crippen LogP contribution in [0.1, 0.15) is 0 Å². The maximum absolute atomic E-state index is 11.7. The lowest BCUT2D eigenvalue weighted by Crippen LogP contribution is -2.03. The van der Waals surface area contributed by atoms with Gasteiger partial charge in [-0.25, -0.2) is 8.42 Å². The summed E-state index contributed by atoms with van der Waals surface area (Å²) in [5.41, 5.74) is -0.405. The Bertz CT molecular complexity index is 818. The first-order valence-corrected chi connectivity index (χ1v) is 8.83. The van der Waals surface area contributed by atoms with Crippen molar-refractivity contribution in [2.75, 3.05) is 13.4 Å². The van der Waals surface area contributed by atoms with Crippen LogP contribution in [-0.4, -0.2) is 26.7 Å². The van der Waals surface area contributed by atoms with Gasteiger partial charge in [0.15, 0.2) is 9.84 Å². The fraction of sp³-hybridized carbons (Fsp3) is 0.143. The quantitative estimate of drug-likeness (QED) is 0.614. The Labute approximate surface area is 132 Å². The molecule has 0 bridgehead atoms. The highest BCUT2D eigenvalue weighted by molar-refractivity contribution is 7.99. The number of methoxy groups -OCH3 is 1. The van der Waals surface area contributed by atoms with E-state index in [1.165, 1.54) is 25.3 Å². The van der Waals surface area contributed by atoms with Crippen LogP contribution in [0.5, 0.6) is 5.75 Å². The van der Waals surface area contributed by atoms with Crippen LogP contribution in [0.4, 0.5) is 5.69 Å². The molecule has 0 radical (unpaired) electrons. The van der Waals surface area contributed by atoms with Gasteiger partial charge in [-0.2, -0.15) is 0 Å². The SMILES string of the molecule is COc1cccc(Sc2cccc(S(C)(=O)=O)c2[N+](=O)[O-])c1. The van der Waals surface area contributed by atoms with E-state index < -0.39 is 20.4 Å². The first-order valence-electron chi connectivity index (χ1n) is 6.12. The Morgan fingerprint density at radius 2 is 1.86 bits per heavy atom. The molecule has 2 aromatic carbocycles. The van der Waals surface area contributed by atoms with E-state index in [9.17, 15) is 18.5 Å². The summed E-state index contributed by atoms with van der Waals surface area (Å²) in [6.45, 7) is 0. The summed E-state index contributed by atoms with van der Waals surface area (Å²) in [5.74, 6) is 0.618. The van der Waals surface area contributed by atoms with Crippen molar-refractivity contribution in [3.8, 4) is 5.75 Å². The minimum atomic E-state index is -3.69. The Morgan fingerprint density at radius 1 is 1.18 bits per heavy atom. The number of sulfone groups is 1. The Kier molecular flexibility index (Phi) is 4.72. The fourth-order valence-electron chi connectivity index (χ4n) is 1.86. The highest BCUT2D eigenvalue weighted by Crippen LogP contribution is 2.39. The van der Waals surface area contributed by atoms with Gasteiger partial charge in [0.25, 0.3) is 0 Å². The summed E-state index contributed by atoms with van der Waals surface area (Å²) >= 11 is 1.12. The third kappa shape index (κ3) is 3.58. The van der Waals surface area contributed by atoms with Gasteiger partial charge in [-0.3, -0.25) is 10.1 Å². The molecule has 0 saturated heterocycles. The number of hydrogen-bond acceptors (Lipinski definition) is 6. The Morgan fingerprint density at radius 3 is 2.45 bits per heavy atom. The molecule has 2 rings (SSSR count). The van der Waals surface area contributed by atoms with Crippen LogP contribution in [0, 0.1) is 10.1 Å². The Hall–Kier alpha value is -2.06. The molecule has 2 aromatic rings. The van der Waals surface area contributed by atoms with Crippen molar-refractivity contribution in [2.45, 2.75) is 14.7 Å². The zero-order valence-corrected chi connectivity index (χ0v) is 13.5. The number of rotatable bonds is 5. The molecule has 0 aliphatic heterocycles. The van der Waals surface area contributed by atoms with Crippen molar-refractivity contribution in [2.24, 2.45) is 0 Å². The molecular formula is C14H13NO5S2. The van der Waals surface area contributed by atoms with Crippen molar-refractivity contribution in [1.82, 2.24) is 0 Å². The maximum atomic E-state index is 11.7. The van der Waals surface area contributed by atoms with Crippen LogP contribution >= 0.6 is 11.8 Å². The van der Waals surface area contributed by atoms with Crippen molar-refractivity contribution >= 4 is 27.3 Å². The molecule has 0 spiro atoms. The zero-order valence-electron chi connectivity index (χ0n) is 11.8. The molecule has 116 valence electrons. The third-order valence-corrected chi connectivity index (χ3v) is 4.98. The van der Waals surface area contributed by atoms with Crippen LogP contribution in [0.3, 0.4) is 0 Å². The lowest BCUT2D eigenvalue weighted by Gasteiger charge is -2.07. The van der Waals surface area contributed by atoms with Gasteiger partial charge in [0, 0.05) is 11.2 Å². The average Bonchev–Trinajstić information content (AvgIpc) is 2.46. The fourth-order valence-corrected chi connectivity index (χ4v) is 3.78. The van der Waals surface area contributed by atoms with E-state index in [2.05, 4.69) is 0 Å². The van der Waals surface area contributed by atoms with Gasteiger partial charge in [0.2, 0.25) is 0 Å². The van der Waals surface area contributed by atoms with Crippen molar-refractivity contribution < 1.29 is 18.1 Å². The lowest BCUT2D eigenvalue weighted by molar-refractivity contribution is -0.390. The molecule has 0 saturated carbocycles. The molecule has 0 amide bonds. The predicted molar refractivity (Wildman–Crippen MR) is 83.3 cm³/mol. The minimum Gasteiger partial charge on any atom is -0.497 e. The van der Waals surface area contributed by atoms with Gasteiger partial charge in [-0.1, -0.05) is 23.9 Å². The van der Waals surface area contributed by atoms with E-state index >= 15 is 0 Å². The summed E-state index contributed by atoms with van der Waals surface area (Å²) in [6.07, 6.45) is 0.954. The highest BCUT2D eigenvalue weighted by atomic mass is 32.2. The number of nitrogens with zero attached hydrogens (tertiary/aromatic N) is 1. The van der Waals surface area contributed by atoms with Gasteiger partial charge < -0.3 is 4.74 Å². The smallest absolute Gasteiger partial charge is 0.301 e. The van der Waals surface area contributed by atoms with E-state index in [-0.39, 0.29) is 9.79 Å². The topological polar surface area (TPSA) is 86.5 Å². The molecule has 0 aromatic heterocycles. The molecule has 0 aliphatic rings. The molecule has 0 unspecified atom stereocenters. The average molecular weight is 339 g/mol. The molecule has 0 fully saturated rings. The normalized spacial score (nSPS) is 11.2. The second-order valence-corrected chi connectivity index (χ2v) is 7.51. The van der Waals surface area contributed by atoms with E-state index in [1.807, 2.05) is 0 Å². The van der Waals surface area contributed by atoms with Crippen molar-refractivity contribution in [1.29, 1.82) is 0 Å². The van der Waals surface area contributed by atoms with Gasteiger partial charge in [0.1, 0.15) is 10.6 Å². The number of benzene rings is 2. The van der Waals surface area contributed by atoms with E-state index in [0.29, 0.717) is 10.6 Å². The number of nitro groups is 1. The largest absolute Gasteiger partial charge is 0.497 e. The molecule has 0 heterocycles. The zero-order chi connectivity index (χ0) is 16.3. The lowest BCUT2D eigenvalue weighted by atomic mass is 10.3. The molecule has 22 heavy (non-hydrogen) atoms. The van der Waals surface area contributed by atoms with E-state index in [4.69, 9.17) is 4.74 Å². The summed E-state index contributed by atoms with van der Waals surface area (Å²) in [7, 11) is -2.16. The molecule has 0 N–H and O–H groups in total. The minimum absolute atomic E-state index is 0.265. The van der Waals surface area contributed by atoms with Crippen LogP contribution in [0.15, 0.2) is 57.2 Å². The van der Waals surface area contributed by atoms with Gasteiger partial charge in [0.05, 0.1) is 16.9 Å². The molecule has 0 aliphatic carbocycles. The summed E-state index contributed by atoms with van der Waals surface area (Å²) in [4.78, 5) is 11.3. The second kappa shape index (κ2) is 6.37. The third-order valence-electron chi connectivity index (χ3n) is 2.81. The first-order chi connectivity index (χ1) is 10.3. The van der Waals surface area contributed by atoms with Crippen LogP contribution in [0.25, 0.3) is 0 Å². The molecule has 0 atom stereocenters. The van der Waals surface area contributed by atoms with Gasteiger partial charge in [-0.15, -0.1) is 0 Å². The molecule has 8 heteroatoms. The Balaban J connectivity index is 2.53. The van der Waals surface area contributed by atoms with Crippen LogP contribution < -0.4 is 4.74 Å². The highest BCUT2D eigenvalue weighted by Gasteiger charge is 2.26. The van der Waals surface area contributed by atoms with E-state index in [0.717, 1.165) is 18.0 Å². The summed E-state index contributed by atoms with van der Waals surface area (Å²) in [5, 5.41) is 11.3. The molecular weight excluding hydrogens is 326 g/mol. The van der Waals surface area contributed by atoms with Crippen molar-refractivity contribution in [3.63, 3.8) is 0 Å². The first kappa shape index (κ1) is 16.3. The monoisotopic (exact) mass is 339 g/mol. The van der Waals surface area contributed by atoms with Crippen molar-refractivity contribution in [3.05, 3.63) is 52.6 Å². The number of nitro benzene ring substituents is 1. The standard InChI is InChI=1S/C14H13NO5S2/c1-20-10-5-3-6-11(9-10)21-12-7-4-8-13(22(2,18)19)14(12)15(16)17/h3-9H,1-2H3. The van der Waals surface area contributed by atoms with E-state index in [1.54, 1.807) is 24.3 Å². The van der Waals surface area contributed by atoms with Crippen LogP contribution in [-0.2, 0) is 9.84 Å². The van der Waals surface area contributed by atoms with Crippen LogP contribution in [0.2, 0.25) is 0 Å². The molecule has 6 nitrogen and oxygen atoms in total. The number of ether oxygens (including phenoxy) is 1.